The van der Waals surface area contributed by atoms with Gasteiger partial charge in [-0.25, -0.2) is 0 Å². The van der Waals surface area contributed by atoms with Gasteiger partial charge in [-0.3, -0.25) is 10.1 Å². The molecule has 4 heteroatoms. The van der Waals surface area contributed by atoms with Crippen LogP contribution in [0.15, 0.2) is 0 Å². The van der Waals surface area contributed by atoms with Gasteiger partial charge in [-0.2, -0.15) is 0 Å². The van der Waals surface area contributed by atoms with Crippen molar-refractivity contribution in [1.82, 2.24) is 10.6 Å². The molecule has 0 aromatic heterocycles. The molecule has 2 N–H and O–H groups in total. The zero-order valence-corrected chi connectivity index (χ0v) is 9.64. The molecule has 0 radical (unpaired) electrons. The van der Waals surface area contributed by atoms with Gasteiger partial charge in [0.1, 0.15) is 5.60 Å². The third kappa shape index (κ3) is 9.48. The fraction of sp³-hybridized carbons (Fsp3) is 0.900. The SMILES string of the molecule is CCCNCNCC(=O)OC(C)(C)C. The van der Waals surface area contributed by atoms with Gasteiger partial charge in [-0.1, -0.05) is 6.92 Å². The zero-order valence-electron chi connectivity index (χ0n) is 9.64. The highest BCUT2D eigenvalue weighted by Gasteiger charge is 2.15. The van der Waals surface area contributed by atoms with Gasteiger partial charge in [0.05, 0.1) is 6.54 Å². The average molecular weight is 202 g/mol. The number of rotatable bonds is 6. The van der Waals surface area contributed by atoms with Crippen LogP contribution in [0.1, 0.15) is 34.1 Å². The topological polar surface area (TPSA) is 50.4 Å². The van der Waals surface area contributed by atoms with E-state index in [0.717, 1.165) is 13.0 Å². The highest BCUT2D eigenvalue weighted by molar-refractivity contribution is 5.72. The molecule has 0 atom stereocenters. The summed E-state index contributed by atoms with van der Waals surface area (Å²) in [6.07, 6.45) is 1.09. The lowest BCUT2D eigenvalue weighted by Crippen LogP contribution is -2.36. The molecule has 0 aliphatic carbocycles. The summed E-state index contributed by atoms with van der Waals surface area (Å²) in [6.45, 7) is 9.55. The number of hydrogen-bond donors (Lipinski definition) is 2. The van der Waals surface area contributed by atoms with Crippen LogP contribution in [-0.4, -0.2) is 31.3 Å². The summed E-state index contributed by atoms with van der Waals surface area (Å²) in [7, 11) is 0. The third-order valence-corrected chi connectivity index (χ3v) is 1.37. The van der Waals surface area contributed by atoms with Crippen molar-refractivity contribution in [1.29, 1.82) is 0 Å². The molecular weight excluding hydrogens is 180 g/mol. The monoisotopic (exact) mass is 202 g/mol. The Labute approximate surface area is 86.4 Å². The van der Waals surface area contributed by atoms with Crippen LogP contribution < -0.4 is 10.6 Å². The fourth-order valence-electron chi connectivity index (χ4n) is 0.896. The first-order valence-corrected chi connectivity index (χ1v) is 5.09. The average Bonchev–Trinajstić information content (AvgIpc) is 2.00. The first kappa shape index (κ1) is 13.4. The lowest BCUT2D eigenvalue weighted by Gasteiger charge is -2.19. The van der Waals surface area contributed by atoms with Gasteiger partial charge in [0.2, 0.25) is 0 Å². The predicted molar refractivity (Wildman–Crippen MR) is 57.0 cm³/mol. The smallest absolute Gasteiger partial charge is 0.320 e. The molecule has 84 valence electrons. The van der Waals surface area contributed by atoms with Gasteiger partial charge < -0.3 is 10.1 Å². The highest BCUT2D eigenvalue weighted by Crippen LogP contribution is 2.05. The second kappa shape index (κ2) is 6.79. The van der Waals surface area contributed by atoms with E-state index >= 15 is 0 Å². The number of ether oxygens (including phenoxy) is 1. The van der Waals surface area contributed by atoms with Crippen LogP contribution in [0.25, 0.3) is 0 Å². The van der Waals surface area contributed by atoms with Crippen molar-refractivity contribution in [2.75, 3.05) is 19.8 Å². The van der Waals surface area contributed by atoms with E-state index in [4.69, 9.17) is 4.74 Å². The Morgan fingerprint density at radius 1 is 1.29 bits per heavy atom. The lowest BCUT2D eigenvalue weighted by atomic mass is 10.2. The zero-order chi connectivity index (χ0) is 11.0. The largest absolute Gasteiger partial charge is 0.459 e. The summed E-state index contributed by atoms with van der Waals surface area (Å²) in [6, 6.07) is 0. The van der Waals surface area contributed by atoms with Gasteiger partial charge in [0, 0.05) is 6.67 Å². The van der Waals surface area contributed by atoms with Crippen molar-refractivity contribution in [3.63, 3.8) is 0 Å². The van der Waals surface area contributed by atoms with Crippen LogP contribution in [0.2, 0.25) is 0 Å². The van der Waals surface area contributed by atoms with E-state index in [2.05, 4.69) is 17.6 Å². The molecule has 0 saturated heterocycles. The summed E-state index contributed by atoms with van der Waals surface area (Å²) in [4.78, 5) is 11.2. The first-order valence-electron chi connectivity index (χ1n) is 5.09. The summed E-state index contributed by atoms with van der Waals surface area (Å²) < 4.78 is 5.12. The normalized spacial score (nSPS) is 11.4. The van der Waals surface area contributed by atoms with E-state index in [1.165, 1.54) is 0 Å². The minimum atomic E-state index is -0.393. The molecule has 0 spiro atoms. The predicted octanol–water partition coefficient (Wildman–Crippen LogP) is 0.875. The summed E-state index contributed by atoms with van der Waals surface area (Å²) in [5.74, 6) is -0.212. The van der Waals surface area contributed by atoms with Crippen LogP contribution >= 0.6 is 0 Å². The van der Waals surface area contributed by atoms with Crippen LogP contribution in [-0.2, 0) is 9.53 Å². The first-order chi connectivity index (χ1) is 6.45. The summed E-state index contributed by atoms with van der Waals surface area (Å²) in [5, 5.41) is 6.09. The van der Waals surface area contributed by atoms with E-state index in [0.29, 0.717) is 6.67 Å². The van der Waals surface area contributed by atoms with Gasteiger partial charge in [0.15, 0.2) is 0 Å². The second-order valence-corrected chi connectivity index (χ2v) is 4.19. The maximum atomic E-state index is 11.2. The van der Waals surface area contributed by atoms with Crippen LogP contribution in [0.3, 0.4) is 0 Å². The van der Waals surface area contributed by atoms with E-state index in [-0.39, 0.29) is 12.5 Å². The van der Waals surface area contributed by atoms with Crippen LogP contribution in [0.5, 0.6) is 0 Å². The molecule has 0 aliphatic heterocycles. The molecular formula is C10H22N2O2. The number of esters is 1. The number of nitrogens with one attached hydrogen (secondary N) is 2. The van der Waals surface area contributed by atoms with Gasteiger partial charge in [-0.05, 0) is 33.7 Å². The highest BCUT2D eigenvalue weighted by atomic mass is 16.6. The summed E-state index contributed by atoms with van der Waals surface area (Å²) >= 11 is 0. The van der Waals surface area contributed by atoms with E-state index in [1.807, 2.05) is 20.8 Å². The Morgan fingerprint density at radius 2 is 1.93 bits per heavy atom. The van der Waals surface area contributed by atoms with Crippen LogP contribution in [0, 0.1) is 0 Å². The molecule has 4 nitrogen and oxygen atoms in total. The Bertz CT molecular complexity index is 164. The van der Waals surface area contributed by atoms with Crippen molar-refractivity contribution in [3.8, 4) is 0 Å². The Kier molecular flexibility index (Phi) is 6.49. The quantitative estimate of drug-likeness (QED) is 0.381. The van der Waals surface area contributed by atoms with Crippen molar-refractivity contribution in [3.05, 3.63) is 0 Å². The fourth-order valence-corrected chi connectivity index (χ4v) is 0.896. The molecule has 0 heterocycles. The number of hydrogen-bond acceptors (Lipinski definition) is 4. The second-order valence-electron chi connectivity index (χ2n) is 4.19. The molecule has 0 aromatic carbocycles. The molecule has 0 rings (SSSR count). The van der Waals surface area contributed by atoms with Crippen LogP contribution in [0.4, 0.5) is 0 Å². The lowest BCUT2D eigenvalue weighted by molar-refractivity contribution is -0.153. The standard InChI is InChI=1S/C10H22N2O2/c1-5-6-11-8-12-7-9(13)14-10(2,3)4/h11-12H,5-8H2,1-4H3. The van der Waals surface area contributed by atoms with Gasteiger partial charge in [0.25, 0.3) is 0 Å². The minimum Gasteiger partial charge on any atom is -0.459 e. The Balaban J connectivity index is 3.36. The van der Waals surface area contributed by atoms with Gasteiger partial charge in [-0.15, -0.1) is 0 Å². The molecule has 0 saturated carbocycles. The van der Waals surface area contributed by atoms with E-state index in [1.54, 1.807) is 0 Å². The van der Waals surface area contributed by atoms with Crippen molar-refractivity contribution in [2.24, 2.45) is 0 Å². The van der Waals surface area contributed by atoms with Crippen molar-refractivity contribution >= 4 is 5.97 Å². The third-order valence-electron chi connectivity index (χ3n) is 1.37. The molecule has 0 amide bonds. The van der Waals surface area contributed by atoms with Gasteiger partial charge >= 0.3 is 5.97 Å². The molecule has 0 unspecified atom stereocenters. The molecule has 0 aliphatic rings. The Hall–Kier alpha value is -0.610. The van der Waals surface area contributed by atoms with E-state index < -0.39 is 5.60 Å². The molecule has 0 bridgehead atoms. The molecule has 0 fully saturated rings. The maximum absolute atomic E-state index is 11.2. The minimum absolute atomic E-state index is 0.212. The van der Waals surface area contributed by atoms with E-state index in [9.17, 15) is 4.79 Å². The summed E-state index contributed by atoms with van der Waals surface area (Å²) in [5.41, 5.74) is -0.393. The molecule has 14 heavy (non-hydrogen) atoms. The maximum Gasteiger partial charge on any atom is 0.320 e. The molecule has 0 aromatic rings. The number of carbonyl (C=O) groups excluding carboxylic acids is 1. The van der Waals surface area contributed by atoms with Crippen molar-refractivity contribution in [2.45, 2.75) is 39.7 Å². The Morgan fingerprint density at radius 3 is 2.43 bits per heavy atom. The van der Waals surface area contributed by atoms with Crippen molar-refractivity contribution < 1.29 is 9.53 Å². The number of carbonyl (C=O) groups is 1.